The van der Waals surface area contributed by atoms with Crippen molar-refractivity contribution in [2.75, 3.05) is 7.11 Å². The standard InChI is InChI=1S/C3H9OSi/c1-3(5)4-2/h3H,1H2,2,5H3. The first-order valence-electron chi connectivity index (χ1n) is 1.63. The van der Waals surface area contributed by atoms with Crippen molar-refractivity contribution in [3.05, 3.63) is 6.92 Å². The summed E-state index contributed by atoms with van der Waals surface area (Å²) in [5, 5.41) is 0. The lowest BCUT2D eigenvalue weighted by Gasteiger charge is -1.94. The zero-order chi connectivity index (χ0) is 4.28. The van der Waals surface area contributed by atoms with Crippen LogP contribution in [-0.2, 0) is 4.74 Å². The molecule has 0 rings (SSSR count). The molecule has 0 spiro atoms. The largest absolute Gasteiger partial charge is 0.386 e. The van der Waals surface area contributed by atoms with Gasteiger partial charge < -0.3 is 4.74 Å². The highest BCUT2D eigenvalue weighted by atomic mass is 28.1. The third kappa shape index (κ3) is 4.18. The van der Waals surface area contributed by atoms with Gasteiger partial charge in [0.2, 0.25) is 0 Å². The summed E-state index contributed by atoms with van der Waals surface area (Å²) in [7, 11) is 2.71. The number of ether oxygens (including phenoxy) is 1. The van der Waals surface area contributed by atoms with Gasteiger partial charge in [0.05, 0.1) is 0 Å². The Balaban J connectivity index is 2.54. The van der Waals surface area contributed by atoms with Crippen LogP contribution < -0.4 is 0 Å². The Morgan fingerprint density at radius 1 is 2.00 bits per heavy atom. The van der Waals surface area contributed by atoms with Gasteiger partial charge in [-0.3, -0.25) is 0 Å². The van der Waals surface area contributed by atoms with Crippen molar-refractivity contribution in [3.8, 4) is 0 Å². The summed E-state index contributed by atoms with van der Waals surface area (Å²) in [6.45, 7) is 3.60. The quantitative estimate of drug-likeness (QED) is 0.381. The van der Waals surface area contributed by atoms with Gasteiger partial charge in [0.25, 0.3) is 0 Å². The minimum Gasteiger partial charge on any atom is -0.386 e. The molecule has 31 valence electrons. The molecular formula is C3H9OSi. The molecule has 0 fully saturated rings. The number of hydrogen-bond donors (Lipinski definition) is 0. The molecule has 0 aromatic heterocycles. The third-order valence-electron chi connectivity index (χ3n) is 0.402. The Bertz CT molecular complexity index is 20.9. The highest BCUT2D eigenvalue weighted by Gasteiger charge is 1.79. The molecule has 0 heterocycles. The Hall–Kier alpha value is 0.177. The first kappa shape index (κ1) is 5.18. The molecule has 0 saturated carbocycles. The summed E-state index contributed by atoms with van der Waals surface area (Å²) in [4.78, 5) is 0. The van der Waals surface area contributed by atoms with E-state index in [1.807, 2.05) is 0 Å². The van der Waals surface area contributed by atoms with Crippen LogP contribution in [0.3, 0.4) is 0 Å². The Morgan fingerprint density at radius 3 is 2.20 bits per heavy atom. The molecule has 0 aliphatic rings. The maximum absolute atomic E-state index is 4.70. The van der Waals surface area contributed by atoms with Crippen LogP contribution in [0.25, 0.3) is 0 Å². The number of hydrogen-bond acceptors (Lipinski definition) is 1. The number of rotatable bonds is 1. The monoisotopic (exact) mass is 89.0 g/mol. The summed E-state index contributed by atoms with van der Waals surface area (Å²) in [5.74, 6) is 0. The molecule has 2 heteroatoms. The summed E-state index contributed by atoms with van der Waals surface area (Å²) >= 11 is 0. The molecule has 0 aromatic rings. The second-order valence-electron chi connectivity index (χ2n) is 1.05. The normalized spacial score (nSPS) is 15.6. The molecule has 0 aliphatic carbocycles. The van der Waals surface area contributed by atoms with Gasteiger partial charge >= 0.3 is 0 Å². The van der Waals surface area contributed by atoms with E-state index < -0.39 is 0 Å². The lowest BCUT2D eigenvalue weighted by atomic mass is 10.9. The first-order valence-corrected chi connectivity index (χ1v) is 2.78. The van der Waals surface area contributed by atoms with Crippen LogP contribution in [0.2, 0.25) is 0 Å². The molecule has 0 aromatic carbocycles. The zero-order valence-electron chi connectivity index (χ0n) is 3.69. The molecule has 1 nitrogen and oxygen atoms in total. The van der Waals surface area contributed by atoms with Gasteiger partial charge in [-0.2, -0.15) is 0 Å². The summed E-state index contributed by atoms with van der Waals surface area (Å²) < 4.78 is 4.70. The van der Waals surface area contributed by atoms with Crippen molar-refractivity contribution < 1.29 is 4.74 Å². The van der Waals surface area contributed by atoms with Crippen molar-refractivity contribution in [1.29, 1.82) is 0 Å². The fourth-order valence-electron chi connectivity index (χ4n) is 0. The fourth-order valence-corrected chi connectivity index (χ4v) is 0. The predicted molar refractivity (Wildman–Crippen MR) is 26.1 cm³/mol. The molecule has 0 N–H and O–H groups in total. The SMILES string of the molecule is [CH2]C([SiH3])OC. The first-order chi connectivity index (χ1) is 2.27. The predicted octanol–water partition coefficient (Wildman–Crippen LogP) is -0.842. The molecule has 1 atom stereocenters. The average molecular weight is 89.2 g/mol. The van der Waals surface area contributed by atoms with E-state index in [1.165, 1.54) is 0 Å². The van der Waals surface area contributed by atoms with Crippen LogP contribution in [0.15, 0.2) is 0 Å². The minimum atomic E-state index is 0.273. The van der Waals surface area contributed by atoms with Crippen LogP contribution >= 0.6 is 0 Å². The molecule has 0 saturated heterocycles. The second kappa shape index (κ2) is 2.42. The van der Waals surface area contributed by atoms with Gasteiger partial charge in [-0.15, -0.1) is 0 Å². The molecule has 0 bridgehead atoms. The van der Waals surface area contributed by atoms with Gasteiger partial charge in [0.15, 0.2) is 0 Å². The Morgan fingerprint density at radius 2 is 2.20 bits per heavy atom. The van der Waals surface area contributed by atoms with Crippen LogP contribution in [0.5, 0.6) is 0 Å². The van der Waals surface area contributed by atoms with Crippen molar-refractivity contribution >= 4 is 10.2 Å². The van der Waals surface area contributed by atoms with Crippen molar-refractivity contribution in [3.63, 3.8) is 0 Å². The van der Waals surface area contributed by atoms with Crippen molar-refractivity contribution in [1.82, 2.24) is 0 Å². The highest BCUT2D eigenvalue weighted by Crippen LogP contribution is 1.70. The fraction of sp³-hybridized carbons (Fsp3) is 0.667. The van der Waals surface area contributed by atoms with Crippen LogP contribution in [0.4, 0.5) is 0 Å². The smallest absolute Gasteiger partial charge is 0.0392 e. The van der Waals surface area contributed by atoms with Crippen molar-refractivity contribution in [2.45, 2.75) is 5.73 Å². The maximum Gasteiger partial charge on any atom is 0.0392 e. The van der Waals surface area contributed by atoms with E-state index in [4.69, 9.17) is 4.74 Å². The Labute approximate surface area is 35.8 Å². The van der Waals surface area contributed by atoms with Gasteiger partial charge in [-0.1, -0.05) is 0 Å². The molecule has 1 unspecified atom stereocenters. The van der Waals surface area contributed by atoms with Gasteiger partial charge in [0, 0.05) is 23.1 Å². The lowest BCUT2D eigenvalue weighted by Crippen LogP contribution is -2.01. The maximum atomic E-state index is 4.70. The van der Waals surface area contributed by atoms with E-state index in [0.717, 1.165) is 10.2 Å². The highest BCUT2D eigenvalue weighted by molar-refractivity contribution is 6.11. The molecule has 5 heavy (non-hydrogen) atoms. The molecule has 0 amide bonds. The van der Waals surface area contributed by atoms with Crippen LogP contribution in [-0.4, -0.2) is 23.1 Å². The van der Waals surface area contributed by atoms with Gasteiger partial charge in [-0.25, -0.2) is 0 Å². The van der Waals surface area contributed by atoms with E-state index in [0.29, 0.717) is 0 Å². The van der Waals surface area contributed by atoms with Crippen LogP contribution in [0, 0.1) is 6.92 Å². The van der Waals surface area contributed by atoms with E-state index in [9.17, 15) is 0 Å². The summed E-state index contributed by atoms with van der Waals surface area (Å²) in [6, 6.07) is 0. The minimum absolute atomic E-state index is 0.273. The summed E-state index contributed by atoms with van der Waals surface area (Å²) in [6.07, 6.45) is 0. The lowest BCUT2D eigenvalue weighted by molar-refractivity contribution is 0.200. The van der Waals surface area contributed by atoms with E-state index >= 15 is 0 Å². The zero-order valence-corrected chi connectivity index (χ0v) is 5.69. The molecular weight excluding hydrogens is 80.1 g/mol. The summed E-state index contributed by atoms with van der Waals surface area (Å²) in [5.41, 5.74) is 0.273. The Kier molecular flexibility index (Phi) is 2.50. The third-order valence-corrected chi connectivity index (χ3v) is 0.874. The molecule has 0 aliphatic heterocycles. The van der Waals surface area contributed by atoms with E-state index in [-0.39, 0.29) is 5.73 Å². The second-order valence-corrected chi connectivity index (χ2v) is 2.33. The molecule has 1 radical (unpaired) electrons. The van der Waals surface area contributed by atoms with Gasteiger partial charge in [-0.05, 0) is 6.92 Å². The number of methoxy groups -OCH3 is 1. The van der Waals surface area contributed by atoms with E-state index in [1.54, 1.807) is 7.11 Å². The van der Waals surface area contributed by atoms with Crippen molar-refractivity contribution in [2.24, 2.45) is 0 Å². The topological polar surface area (TPSA) is 9.23 Å². The average Bonchev–Trinajstić information content (AvgIpc) is 1.38. The van der Waals surface area contributed by atoms with Crippen LogP contribution in [0.1, 0.15) is 0 Å². The van der Waals surface area contributed by atoms with E-state index in [2.05, 4.69) is 6.92 Å². The van der Waals surface area contributed by atoms with Gasteiger partial charge in [0.1, 0.15) is 0 Å².